The number of phosphoric acid groups is 4. The highest BCUT2D eigenvalue weighted by atomic mass is 32.5. The van der Waals surface area contributed by atoms with Gasteiger partial charge in [0, 0.05) is 61.0 Å². The van der Waals surface area contributed by atoms with E-state index in [1.165, 1.54) is 21.8 Å². The number of rotatable bonds is 34. The molecule has 4 unspecified atom stereocenters. The van der Waals surface area contributed by atoms with E-state index in [0.717, 1.165) is 49.8 Å². The predicted octanol–water partition coefficient (Wildman–Crippen LogP) is -1.87. The Morgan fingerprint density at radius 1 is 0.548 bits per heavy atom. The maximum absolute atomic E-state index is 12.8. The van der Waals surface area contributed by atoms with Crippen molar-refractivity contribution in [2.45, 2.75) is 135 Å². The molecule has 4 aromatic heterocycles. The summed E-state index contributed by atoms with van der Waals surface area (Å²) in [6, 6.07) is 0.126. The van der Waals surface area contributed by atoms with E-state index in [9.17, 15) is 76.8 Å². The normalized spacial score (nSPS) is 28.0. The number of nitrogens with one attached hydrogen (secondary N) is 8. The average molecular weight is 1670 g/mol. The fourth-order valence-electron chi connectivity index (χ4n) is 11.3. The number of fused-ring (bicyclic) bond motifs is 4. The monoisotopic (exact) mass is 1670 g/mol. The van der Waals surface area contributed by atoms with Crippen molar-refractivity contribution in [1.82, 2.24) is 81.6 Å². The molecule has 22 N–H and O–H groups in total. The van der Waals surface area contributed by atoms with E-state index in [1.54, 1.807) is 23.5 Å². The maximum atomic E-state index is 12.8. The Morgan fingerprint density at radius 3 is 1.41 bits per heavy atom. The molecular formula is C46H72N18O30P6S4. The lowest BCUT2D eigenvalue weighted by Gasteiger charge is -2.22. The van der Waals surface area contributed by atoms with Crippen molar-refractivity contribution in [2.24, 2.45) is 0 Å². The van der Waals surface area contributed by atoms with E-state index in [0.29, 0.717) is 12.8 Å². The van der Waals surface area contributed by atoms with Gasteiger partial charge < -0.3 is 122 Å². The molecule has 4 aromatic rings. The second-order valence-electron chi connectivity index (χ2n) is 23.1. The number of urea groups is 2. The summed E-state index contributed by atoms with van der Waals surface area (Å²) in [7, 11) is -22.3. The maximum Gasteiger partial charge on any atom is 0.488 e. The van der Waals surface area contributed by atoms with E-state index in [-0.39, 0.29) is 132 Å². The summed E-state index contributed by atoms with van der Waals surface area (Å²) in [5.41, 5.74) is 12.1. The van der Waals surface area contributed by atoms with Crippen molar-refractivity contribution in [1.29, 1.82) is 0 Å². The molecular weight excluding hydrogens is 1600 g/mol. The first-order valence-electron chi connectivity index (χ1n) is 30.7. The molecule has 0 radical (unpaired) electrons. The molecule has 0 aromatic carbocycles. The van der Waals surface area contributed by atoms with Crippen LogP contribution in [0, 0.1) is 0 Å². The number of nitrogen functional groups attached to an aromatic ring is 2. The second kappa shape index (κ2) is 35.5. The molecule has 58 heteroatoms. The molecule has 10 rings (SSSR count). The minimum Gasteiger partial charge on any atom is -0.440 e. The van der Waals surface area contributed by atoms with Crippen molar-refractivity contribution in [3.05, 3.63) is 25.3 Å². The summed E-state index contributed by atoms with van der Waals surface area (Å²) < 4.78 is 98.3. The van der Waals surface area contributed by atoms with Gasteiger partial charge in [-0.25, -0.2) is 76.0 Å². The summed E-state index contributed by atoms with van der Waals surface area (Å²) in [6.07, 6.45) is -5.07. The number of aliphatic hydroxyl groups is 2. The zero-order chi connectivity index (χ0) is 75.7. The lowest BCUT2D eigenvalue weighted by atomic mass is 10.0. The molecule has 0 aliphatic carbocycles. The van der Waals surface area contributed by atoms with Gasteiger partial charge >= 0.3 is 69.0 Å². The van der Waals surface area contributed by atoms with Gasteiger partial charge in [-0.1, -0.05) is 12.8 Å². The number of nitrogens with two attached hydrogens (primary N) is 2. The summed E-state index contributed by atoms with van der Waals surface area (Å²) in [6.45, 7) is -11.7. The lowest BCUT2D eigenvalue weighted by molar-refractivity contribution is -0.122. The number of amides is 8. The fourth-order valence-corrected chi connectivity index (χ4v) is 21.9. The minimum absolute atomic E-state index is 0.0000386. The number of nitrogens with zero attached hydrogens (tertiary/aromatic N) is 8. The number of hydrogen-bond acceptors (Lipinski definition) is 34. The molecule has 0 spiro atoms. The van der Waals surface area contributed by atoms with Crippen LogP contribution < -0.4 is 54.0 Å². The van der Waals surface area contributed by atoms with Crippen molar-refractivity contribution in [3.63, 3.8) is 0 Å². The number of thioether (sulfide) groups is 2. The summed E-state index contributed by atoms with van der Waals surface area (Å²) >= 11 is 11.7. The highest BCUT2D eigenvalue weighted by molar-refractivity contribution is 8.08. The van der Waals surface area contributed by atoms with E-state index >= 15 is 0 Å². The molecule has 0 saturated carbocycles. The number of phosphoric ester groups is 2. The summed E-state index contributed by atoms with van der Waals surface area (Å²) in [4.78, 5) is 173. The van der Waals surface area contributed by atoms with Crippen LogP contribution in [0.4, 0.5) is 30.8 Å². The lowest BCUT2D eigenvalue weighted by Crippen LogP contribution is -2.42. The molecule has 6 saturated heterocycles. The zero-order valence-corrected chi connectivity index (χ0v) is 62.0. The van der Waals surface area contributed by atoms with Gasteiger partial charge in [-0.15, -0.1) is 0 Å². The number of imidazole rings is 2. The van der Waals surface area contributed by atoms with E-state index in [4.69, 9.17) is 54.5 Å². The Balaban J connectivity index is 0.000000241. The number of carbonyl (C=O) groups is 6. The Bertz CT molecular complexity index is 4080. The highest BCUT2D eigenvalue weighted by Crippen LogP contribution is 2.68. The number of carbonyl (C=O) groups excluding carboxylic acids is 6. The average Bonchev–Trinajstić information content (AvgIpc) is 1.62. The number of aromatic nitrogens is 8. The Hall–Kier alpha value is -5.08. The van der Waals surface area contributed by atoms with Crippen LogP contribution in [0.3, 0.4) is 0 Å². The molecule has 0 bridgehead atoms. The third-order valence-electron chi connectivity index (χ3n) is 15.7. The van der Waals surface area contributed by atoms with Crippen molar-refractivity contribution < 1.29 is 142 Å². The topological polar surface area (TPSA) is 701 Å². The molecule has 18 atom stereocenters. The molecule has 104 heavy (non-hydrogen) atoms. The van der Waals surface area contributed by atoms with Crippen LogP contribution in [0.1, 0.15) is 63.8 Å². The van der Waals surface area contributed by atoms with Crippen molar-refractivity contribution >= 4 is 162 Å². The second-order valence-corrected chi connectivity index (χ2v) is 37.3. The van der Waals surface area contributed by atoms with Crippen LogP contribution in [0.5, 0.6) is 0 Å². The number of alkyl carbamates (subject to hydrolysis) is 2. The van der Waals surface area contributed by atoms with Gasteiger partial charge in [-0.2, -0.15) is 32.1 Å². The Labute approximate surface area is 604 Å². The smallest absolute Gasteiger partial charge is 0.440 e. The third kappa shape index (κ3) is 23.5. The first-order chi connectivity index (χ1) is 48.8. The van der Waals surface area contributed by atoms with Crippen LogP contribution in [-0.4, -0.2) is 247 Å². The quantitative estimate of drug-likeness (QED) is 0.0138. The molecule has 6 fully saturated rings. The highest BCUT2D eigenvalue weighted by Gasteiger charge is 2.52. The predicted molar refractivity (Wildman–Crippen MR) is 363 cm³/mol. The van der Waals surface area contributed by atoms with E-state index in [2.05, 4.69) is 118 Å². The van der Waals surface area contributed by atoms with Crippen LogP contribution in [0.15, 0.2) is 25.3 Å². The number of anilines is 2. The standard InChI is InChI=1S/2C23H36N9O15P3S2/c24-19-16-20(28-9-27-19)32(10-29-16)21-17(34)18(12(44-21)7-43-48(37,38)46-49(39,40)47-50(41,42)51)45-23(36)26-6-5-25-14(33)4-2-1-3-13-15-11(8-52-13)30-22(35)31-15;24-19-16-20(28-9-27-19)32(10-29-16)21-18(17(34)12(44-21)7-43-48(37,38)46-49(39,40)47-50(41,42)51)45-23(36)26-6-5-25-14(33)4-2-1-3-13-15-11(8-52-13)30-22(35)31-15/h2*9-13,15,17-18,21,34H,1-8H2,(H,25,33)(H,26,36)(H,37,38)(H,39,40)(H2,24,27,28)(H2,30,31,35)(H2,41,42,51)/t2*11-,12+,13-,15-,17+,18+,21+/m00/s1. The van der Waals surface area contributed by atoms with Gasteiger partial charge in [0.15, 0.2) is 47.6 Å². The van der Waals surface area contributed by atoms with Crippen LogP contribution in [-0.2, 0) is 96.7 Å². The fraction of sp³-hybridized carbons (Fsp3) is 0.652. The van der Waals surface area contributed by atoms with Gasteiger partial charge in [0.25, 0.3) is 0 Å². The van der Waals surface area contributed by atoms with Crippen molar-refractivity contribution in [2.75, 3.05) is 62.4 Å². The van der Waals surface area contributed by atoms with Crippen LogP contribution in [0.2, 0.25) is 0 Å². The van der Waals surface area contributed by atoms with Gasteiger partial charge in [0.2, 0.25) is 11.8 Å². The molecule has 8 amide bonds. The minimum atomic E-state index is -5.63. The molecule has 6 aliphatic rings. The van der Waals surface area contributed by atoms with E-state index in [1.807, 2.05) is 0 Å². The molecule has 6 aliphatic heterocycles. The zero-order valence-electron chi connectivity index (χ0n) is 53.4. The third-order valence-corrected chi connectivity index (χ3v) is 27.5. The van der Waals surface area contributed by atoms with E-state index < -0.39 is 119 Å². The van der Waals surface area contributed by atoms with Gasteiger partial charge in [-0.05, 0) is 49.3 Å². The largest absolute Gasteiger partial charge is 0.488 e. The number of hydrogen-bond donors (Lipinski definition) is 20. The first kappa shape index (κ1) is 83.0. The Morgan fingerprint density at radius 2 is 0.962 bits per heavy atom. The number of aliphatic hydroxyl groups excluding tert-OH is 2. The van der Waals surface area contributed by atoms with Crippen LogP contribution >= 0.6 is 68.3 Å². The van der Waals surface area contributed by atoms with Gasteiger partial charge in [0.05, 0.1) is 50.0 Å². The van der Waals surface area contributed by atoms with Crippen LogP contribution in [0.25, 0.3) is 22.3 Å². The SMILES string of the molecule is Nc1ncnc2c1ncn2[C@@H]1O[C@H](COP(=O)(O)OP(=O)(O)OP(O)(O)=S)[C@@H](O)[C@H]1OC(=O)NCCNC(=O)CCCC[C@@H]1SC[C@@H]2NC(=O)N[C@@H]21.Nc1ncnc2c1ncn2[C@@H]1O[C@H](COP(=O)(O)OP(=O)(O)OP(O)(O)=S)[C@@H](OC(=O)NCCNC(=O)CCCC[C@@H]2SC[C@@H]3NC(=O)N[C@@H]32)[C@H]1O. The van der Waals surface area contributed by atoms with Gasteiger partial charge in [0.1, 0.15) is 48.1 Å². The Kier molecular flexibility index (Phi) is 28.3. The summed E-state index contributed by atoms with van der Waals surface area (Å²) in [5.74, 6) is 1.21. The van der Waals surface area contributed by atoms with Crippen molar-refractivity contribution in [3.8, 4) is 0 Å². The first-order valence-corrected chi connectivity index (χ1v) is 44.0. The summed E-state index contributed by atoms with van der Waals surface area (Å²) in [5, 5.41) is 44.6. The molecule has 10 heterocycles. The number of ether oxygens (including phenoxy) is 4. The van der Waals surface area contributed by atoms with Gasteiger partial charge in [-0.3, -0.25) is 27.8 Å². The number of unbranched alkanes of at least 4 members (excludes halogenated alkanes) is 2. The molecule has 48 nitrogen and oxygen atoms in total. The molecule has 580 valence electrons.